The van der Waals surface area contributed by atoms with Crippen molar-refractivity contribution in [2.24, 2.45) is 17.8 Å². The highest BCUT2D eigenvalue weighted by molar-refractivity contribution is 6.01. The van der Waals surface area contributed by atoms with Gasteiger partial charge in [0.1, 0.15) is 11.7 Å². The van der Waals surface area contributed by atoms with Gasteiger partial charge in [0.05, 0.1) is 5.69 Å². The Bertz CT molecular complexity index is 1280. The molecule has 8 heteroatoms. The van der Waals surface area contributed by atoms with Crippen molar-refractivity contribution in [1.29, 1.82) is 0 Å². The molecule has 2 amide bonds. The van der Waals surface area contributed by atoms with Crippen LogP contribution in [0.2, 0.25) is 0 Å². The predicted molar refractivity (Wildman–Crippen MR) is 142 cm³/mol. The Morgan fingerprint density at radius 2 is 1.68 bits per heavy atom. The number of anilines is 1. The zero-order valence-electron chi connectivity index (χ0n) is 21.8. The van der Waals surface area contributed by atoms with Gasteiger partial charge in [-0.15, -0.1) is 0 Å². The fourth-order valence-corrected chi connectivity index (χ4v) is 5.75. The minimum atomic E-state index is -0.569. The number of H-pyrrole nitrogens is 1. The monoisotopic (exact) mass is 500 g/mol. The van der Waals surface area contributed by atoms with Crippen LogP contribution >= 0.6 is 0 Å². The van der Waals surface area contributed by atoms with E-state index < -0.39 is 6.04 Å². The topological polar surface area (TPSA) is 105 Å². The second kappa shape index (κ2) is 9.47. The molecule has 0 spiro atoms. The molecule has 3 N–H and O–H groups in total. The molecule has 3 saturated carbocycles. The largest absolute Gasteiger partial charge is 0.339 e. The number of carbonyl (C=O) groups excluding carboxylic acids is 2. The first-order valence-electron chi connectivity index (χ1n) is 13.7. The number of amides is 2. The van der Waals surface area contributed by atoms with Gasteiger partial charge in [-0.05, 0) is 101 Å². The Morgan fingerprint density at radius 1 is 1.00 bits per heavy atom. The molecule has 3 fully saturated rings. The van der Waals surface area contributed by atoms with Crippen molar-refractivity contribution in [2.45, 2.75) is 77.3 Å². The van der Waals surface area contributed by atoms with Gasteiger partial charge in [0, 0.05) is 35.1 Å². The van der Waals surface area contributed by atoms with E-state index in [0.717, 1.165) is 48.3 Å². The second-order valence-corrected chi connectivity index (χ2v) is 11.4. The van der Waals surface area contributed by atoms with Crippen LogP contribution in [0.1, 0.15) is 86.2 Å². The molecular weight excluding hydrogens is 464 g/mol. The molecule has 8 nitrogen and oxygen atoms in total. The number of hydrogen-bond acceptors (Lipinski definition) is 4. The molecule has 0 radical (unpaired) electrons. The first kappa shape index (κ1) is 23.9. The molecule has 194 valence electrons. The number of carbonyl (C=O) groups is 2. The quantitative estimate of drug-likeness (QED) is 0.355. The third kappa shape index (κ3) is 4.93. The van der Waals surface area contributed by atoms with Crippen LogP contribution in [0.4, 0.5) is 5.69 Å². The van der Waals surface area contributed by atoms with Crippen molar-refractivity contribution in [3.63, 3.8) is 0 Å². The van der Waals surface area contributed by atoms with E-state index in [4.69, 9.17) is 0 Å². The highest BCUT2D eigenvalue weighted by Crippen LogP contribution is 2.51. The summed E-state index contributed by atoms with van der Waals surface area (Å²) in [4.78, 5) is 27.0. The van der Waals surface area contributed by atoms with Gasteiger partial charge in [-0.25, -0.2) is 0 Å². The van der Waals surface area contributed by atoms with Crippen molar-refractivity contribution in [3.8, 4) is 11.1 Å². The lowest BCUT2D eigenvalue weighted by Crippen LogP contribution is -2.50. The molecular formula is C29H36N6O2. The summed E-state index contributed by atoms with van der Waals surface area (Å²) in [7, 11) is 0. The Morgan fingerprint density at radius 3 is 2.27 bits per heavy atom. The van der Waals surface area contributed by atoms with E-state index in [1.807, 2.05) is 38.1 Å². The summed E-state index contributed by atoms with van der Waals surface area (Å²) in [6.45, 7) is 6.04. The van der Waals surface area contributed by atoms with Crippen LogP contribution in [0.25, 0.3) is 11.1 Å². The Balaban J connectivity index is 1.22. The van der Waals surface area contributed by atoms with E-state index in [-0.39, 0.29) is 23.8 Å². The van der Waals surface area contributed by atoms with Gasteiger partial charge in [0.2, 0.25) is 5.91 Å². The van der Waals surface area contributed by atoms with Crippen molar-refractivity contribution >= 4 is 17.5 Å². The molecule has 1 aromatic carbocycles. The molecule has 37 heavy (non-hydrogen) atoms. The van der Waals surface area contributed by atoms with Crippen LogP contribution in [-0.2, 0) is 4.79 Å². The number of aromatic amines is 1. The maximum Gasteiger partial charge on any atom is 0.270 e. The molecule has 1 atom stereocenters. The lowest BCUT2D eigenvalue weighted by molar-refractivity contribution is -0.119. The van der Waals surface area contributed by atoms with E-state index in [1.54, 1.807) is 16.9 Å². The first-order chi connectivity index (χ1) is 17.9. The molecule has 6 rings (SSSR count). The summed E-state index contributed by atoms with van der Waals surface area (Å²) in [5.41, 5.74) is 5.72. The summed E-state index contributed by atoms with van der Waals surface area (Å²) < 4.78 is 1.71. The van der Waals surface area contributed by atoms with E-state index >= 15 is 0 Å². The van der Waals surface area contributed by atoms with E-state index in [0.29, 0.717) is 23.4 Å². The van der Waals surface area contributed by atoms with Crippen LogP contribution in [0, 0.1) is 24.7 Å². The number of nitrogens with one attached hydrogen (secondary N) is 3. The molecule has 0 bridgehead atoms. The van der Waals surface area contributed by atoms with Gasteiger partial charge < -0.3 is 10.6 Å². The summed E-state index contributed by atoms with van der Waals surface area (Å²) in [6.07, 6.45) is 8.56. The molecule has 2 heterocycles. The molecule has 2 aromatic heterocycles. The second-order valence-electron chi connectivity index (χ2n) is 11.4. The van der Waals surface area contributed by atoms with E-state index in [1.165, 1.54) is 18.4 Å². The van der Waals surface area contributed by atoms with Crippen LogP contribution in [0.15, 0.2) is 36.5 Å². The molecule has 0 saturated heterocycles. The zero-order chi connectivity index (χ0) is 25.7. The third-order valence-corrected chi connectivity index (χ3v) is 8.06. The standard InChI is InChI=1S/C29H36N6O2/c1-16(2)35-23(14-15-30-35)28(36)32-27(25(19-4-5-19)20-6-7-20)29(37)31-22-12-10-18(11-13-22)24-17(3)33-34-26(24)21-8-9-21/h10-16,19-21,25,27H,4-9H2,1-3H3,(H,31,37)(H,32,36)(H,33,34)/t27-/m0/s1. The average Bonchev–Trinajstić information content (AvgIpc) is 3.78. The highest BCUT2D eigenvalue weighted by atomic mass is 16.2. The van der Waals surface area contributed by atoms with Gasteiger partial charge in [-0.1, -0.05) is 12.1 Å². The molecule has 0 unspecified atom stereocenters. The Kier molecular flexibility index (Phi) is 6.13. The predicted octanol–water partition coefficient (Wildman–Crippen LogP) is 5.21. The summed E-state index contributed by atoms with van der Waals surface area (Å²) in [5.74, 6) is 1.36. The molecule has 3 aromatic rings. The van der Waals surface area contributed by atoms with Gasteiger partial charge in [0.15, 0.2) is 0 Å². The van der Waals surface area contributed by atoms with Gasteiger partial charge in [0.25, 0.3) is 5.91 Å². The van der Waals surface area contributed by atoms with Crippen molar-refractivity contribution in [2.75, 3.05) is 5.32 Å². The van der Waals surface area contributed by atoms with Crippen LogP contribution in [0.3, 0.4) is 0 Å². The van der Waals surface area contributed by atoms with E-state index in [9.17, 15) is 9.59 Å². The Hall–Kier alpha value is -3.42. The Labute approximate surface area is 217 Å². The van der Waals surface area contributed by atoms with Gasteiger partial charge in [-0.2, -0.15) is 10.2 Å². The van der Waals surface area contributed by atoms with Gasteiger partial charge >= 0.3 is 0 Å². The van der Waals surface area contributed by atoms with Crippen LogP contribution in [-0.4, -0.2) is 37.8 Å². The fourth-order valence-electron chi connectivity index (χ4n) is 5.75. The van der Waals surface area contributed by atoms with Gasteiger partial charge in [-0.3, -0.25) is 19.4 Å². The molecule has 3 aliphatic carbocycles. The lowest BCUT2D eigenvalue weighted by Gasteiger charge is -2.28. The smallest absolute Gasteiger partial charge is 0.270 e. The number of rotatable bonds is 10. The normalized spacial score (nSPS) is 18.3. The third-order valence-electron chi connectivity index (χ3n) is 8.06. The minimum Gasteiger partial charge on any atom is -0.339 e. The number of aryl methyl sites for hydroxylation is 1. The first-order valence-corrected chi connectivity index (χ1v) is 13.7. The minimum absolute atomic E-state index is 0.0588. The molecule has 0 aliphatic heterocycles. The summed E-state index contributed by atoms with van der Waals surface area (Å²) >= 11 is 0. The summed E-state index contributed by atoms with van der Waals surface area (Å²) in [6, 6.07) is 9.21. The number of aromatic nitrogens is 4. The fraction of sp³-hybridized carbons (Fsp3) is 0.517. The number of hydrogen-bond donors (Lipinski definition) is 3. The average molecular weight is 501 g/mol. The van der Waals surface area contributed by atoms with Crippen molar-refractivity contribution in [3.05, 3.63) is 53.6 Å². The number of nitrogens with zero attached hydrogens (tertiary/aromatic N) is 3. The molecule has 3 aliphatic rings. The van der Waals surface area contributed by atoms with E-state index in [2.05, 4.69) is 32.9 Å². The maximum absolute atomic E-state index is 13.7. The van der Waals surface area contributed by atoms with Crippen molar-refractivity contribution < 1.29 is 9.59 Å². The SMILES string of the molecule is Cc1[nH]nc(C2CC2)c1-c1ccc(NC(=O)[C@@H](NC(=O)c2ccnn2C(C)C)C(C2CC2)C2CC2)cc1. The van der Waals surface area contributed by atoms with Crippen LogP contribution < -0.4 is 10.6 Å². The zero-order valence-corrected chi connectivity index (χ0v) is 21.8. The van der Waals surface area contributed by atoms with Crippen LogP contribution in [0.5, 0.6) is 0 Å². The summed E-state index contributed by atoms with van der Waals surface area (Å²) in [5, 5.41) is 18.2. The highest BCUT2D eigenvalue weighted by Gasteiger charge is 2.48. The number of benzene rings is 1. The maximum atomic E-state index is 13.7. The van der Waals surface area contributed by atoms with Crippen molar-refractivity contribution in [1.82, 2.24) is 25.3 Å². The lowest BCUT2D eigenvalue weighted by atomic mass is 9.88.